The first-order valence-corrected chi connectivity index (χ1v) is 13.7. The lowest BCUT2D eigenvalue weighted by Gasteiger charge is -2.30. The summed E-state index contributed by atoms with van der Waals surface area (Å²) in [7, 11) is -3.22. The molecule has 1 aliphatic heterocycles. The van der Waals surface area contributed by atoms with E-state index in [0.29, 0.717) is 24.4 Å². The van der Waals surface area contributed by atoms with Gasteiger partial charge in [-0.1, -0.05) is 18.0 Å². The molecule has 0 aromatic carbocycles. The molecule has 2 saturated carbocycles. The van der Waals surface area contributed by atoms with E-state index in [4.69, 9.17) is 14.2 Å². The van der Waals surface area contributed by atoms with Gasteiger partial charge < -0.3 is 14.2 Å². The molecule has 0 unspecified atom stereocenters. The Morgan fingerprint density at radius 3 is 2.62 bits per heavy atom. The Hall–Kier alpha value is -2.16. The summed E-state index contributed by atoms with van der Waals surface area (Å²) in [4.78, 5) is 11.3. The van der Waals surface area contributed by atoms with Crippen molar-refractivity contribution < 1.29 is 17.7 Å². The Balaban J connectivity index is 1.03. The molecule has 0 radical (unpaired) electrons. The second-order valence-corrected chi connectivity index (χ2v) is 11.7. The number of sulfone groups is 1. The summed E-state index contributed by atoms with van der Waals surface area (Å²) < 4.78 is 34.3. The molecule has 2 atom stereocenters. The molecule has 2 aliphatic carbocycles. The molecule has 1 saturated heterocycles. The van der Waals surface area contributed by atoms with Crippen molar-refractivity contribution in [3.05, 3.63) is 24.2 Å². The van der Waals surface area contributed by atoms with Crippen molar-refractivity contribution in [2.45, 2.75) is 62.2 Å². The van der Waals surface area contributed by atoms with E-state index in [-0.39, 0.29) is 4.90 Å². The van der Waals surface area contributed by atoms with Gasteiger partial charge in [-0.2, -0.15) is 4.98 Å². The van der Waals surface area contributed by atoms with Gasteiger partial charge in [-0.15, -0.1) is 0 Å². The van der Waals surface area contributed by atoms with Gasteiger partial charge in [0, 0.05) is 37.5 Å². The molecule has 0 N–H and O–H groups in total. The Morgan fingerprint density at radius 2 is 1.94 bits per heavy atom. The molecule has 0 bridgehead atoms. The molecule has 32 heavy (non-hydrogen) atoms. The van der Waals surface area contributed by atoms with Crippen LogP contribution in [0.5, 0.6) is 5.88 Å². The molecule has 3 aliphatic rings. The summed E-state index contributed by atoms with van der Waals surface area (Å²) in [5.41, 5.74) is 0. The first-order chi connectivity index (χ1) is 15.5. The third-order valence-electron chi connectivity index (χ3n) is 7.42. The van der Waals surface area contributed by atoms with Crippen LogP contribution in [-0.2, 0) is 9.84 Å². The van der Waals surface area contributed by atoms with Gasteiger partial charge in [-0.3, -0.25) is 0 Å². The number of hydrogen-bond acceptors (Lipinski definition) is 8. The summed E-state index contributed by atoms with van der Waals surface area (Å²) >= 11 is 0. The number of aromatic nitrogens is 3. The maximum atomic E-state index is 11.5. The number of rotatable bonds is 8. The fourth-order valence-electron chi connectivity index (χ4n) is 5.39. The lowest BCUT2D eigenvalue weighted by Crippen LogP contribution is -2.34. The van der Waals surface area contributed by atoms with Gasteiger partial charge in [-0.25, -0.2) is 13.4 Å². The van der Waals surface area contributed by atoms with Crippen LogP contribution in [0.1, 0.15) is 63.1 Å². The molecular formula is C23H32N4O4S. The molecule has 3 fully saturated rings. The van der Waals surface area contributed by atoms with Crippen LogP contribution in [0.25, 0.3) is 0 Å². The van der Waals surface area contributed by atoms with Crippen molar-refractivity contribution in [3.63, 3.8) is 0 Å². The molecule has 5 rings (SSSR count). The normalized spacial score (nSPS) is 24.7. The lowest BCUT2D eigenvalue weighted by molar-refractivity contribution is 0.274. The van der Waals surface area contributed by atoms with Gasteiger partial charge in [0.05, 0.1) is 11.5 Å². The monoisotopic (exact) mass is 460 g/mol. The van der Waals surface area contributed by atoms with Gasteiger partial charge in [0.15, 0.2) is 15.7 Å². The van der Waals surface area contributed by atoms with Gasteiger partial charge in [0.25, 0.3) is 0 Å². The fourth-order valence-corrected chi connectivity index (χ4v) is 5.95. The molecule has 9 heteroatoms. The van der Waals surface area contributed by atoms with Crippen molar-refractivity contribution in [3.8, 4) is 5.88 Å². The second-order valence-electron chi connectivity index (χ2n) is 9.64. The zero-order chi connectivity index (χ0) is 22.1. The van der Waals surface area contributed by atoms with Crippen molar-refractivity contribution in [1.29, 1.82) is 0 Å². The minimum Gasteiger partial charge on any atom is -0.478 e. The van der Waals surface area contributed by atoms with E-state index in [1.54, 1.807) is 12.1 Å². The maximum Gasteiger partial charge on any atom is 0.324 e. The largest absolute Gasteiger partial charge is 0.478 e. The summed E-state index contributed by atoms with van der Waals surface area (Å²) in [6.07, 6.45) is 12.1. The van der Waals surface area contributed by atoms with Crippen LogP contribution >= 0.6 is 0 Å². The van der Waals surface area contributed by atoms with E-state index in [1.807, 2.05) is 0 Å². The second kappa shape index (κ2) is 9.00. The fraction of sp³-hybridized carbons (Fsp3) is 0.696. The van der Waals surface area contributed by atoms with Gasteiger partial charge in [0.2, 0.25) is 5.88 Å². The number of hydrogen-bond donors (Lipinski definition) is 0. The zero-order valence-corrected chi connectivity index (χ0v) is 19.5. The summed E-state index contributed by atoms with van der Waals surface area (Å²) in [5, 5.41) is 4.25. The average molecular weight is 461 g/mol. The van der Waals surface area contributed by atoms with Gasteiger partial charge in [0.1, 0.15) is 0 Å². The standard InChI is InChI=1S/C23H32N4O4S/c1-32(28,29)19-6-7-21(24-15-19)30-13-10-18-14-20(18)16-8-11-27(12-9-16)23-25-22(26-31-23)17-4-2-3-5-17/h6-7,15-18,20H,2-5,8-14H2,1H3/t18-,20-/m1/s1. The van der Waals surface area contributed by atoms with Crippen LogP contribution in [0.15, 0.2) is 27.7 Å². The molecule has 2 aromatic rings. The predicted octanol–water partition coefficient (Wildman–Crippen LogP) is 3.85. The SMILES string of the molecule is CS(=O)(=O)c1ccc(OCC[C@@H]2C[C@@H]2C2CCN(c3nc(C4CCCC4)no3)CC2)nc1. The molecule has 3 heterocycles. The maximum absolute atomic E-state index is 11.5. The highest BCUT2D eigenvalue weighted by Crippen LogP contribution is 2.50. The number of anilines is 1. The van der Waals surface area contributed by atoms with E-state index in [2.05, 4.69) is 15.0 Å². The van der Waals surface area contributed by atoms with Crippen molar-refractivity contribution >= 4 is 15.9 Å². The Bertz CT molecular complexity index is 1010. The minimum absolute atomic E-state index is 0.216. The predicted molar refractivity (Wildman–Crippen MR) is 119 cm³/mol. The Morgan fingerprint density at radius 1 is 1.16 bits per heavy atom. The molecule has 0 amide bonds. The van der Waals surface area contributed by atoms with E-state index in [9.17, 15) is 8.42 Å². The van der Waals surface area contributed by atoms with Gasteiger partial charge in [-0.05, 0) is 62.3 Å². The number of piperidine rings is 1. The molecule has 2 aromatic heterocycles. The minimum atomic E-state index is -3.22. The molecule has 8 nitrogen and oxygen atoms in total. The van der Waals surface area contributed by atoms with Crippen LogP contribution in [0.3, 0.4) is 0 Å². The first kappa shape index (κ1) is 21.7. The smallest absolute Gasteiger partial charge is 0.324 e. The van der Waals surface area contributed by atoms with Crippen LogP contribution in [0.2, 0.25) is 0 Å². The van der Waals surface area contributed by atoms with Gasteiger partial charge >= 0.3 is 6.01 Å². The zero-order valence-electron chi connectivity index (χ0n) is 18.6. The summed E-state index contributed by atoms with van der Waals surface area (Å²) in [5.74, 6) is 4.16. The van der Waals surface area contributed by atoms with Crippen molar-refractivity contribution in [2.75, 3.05) is 30.9 Å². The topological polar surface area (TPSA) is 98.4 Å². The quantitative estimate of drug-likeness (QED) is 0.586. The van der Waals surface area contributed by atoms with Crippen LogP contribution in [0.4, 0.5) is 6.01 Å². The number of pyridine rings is 1. The van der Waals surface area contributed by atoms with E-state index >= 15 is 0 Å². The van der Waals surface area contributed by atoms with Crippen molar-refractivity contribution in [1.82, 2.24) is 15.1 Å². The number of nitrogens with zero attached hydrogens (tertiary/aromatic N) is 4. The number of ether oxygens (including phenoxy) is 1. The van der Waals surface area contributed by atoms with Crippen LogP contribution in [0, 0.1) is 17.8 Å². The highest BCUT2D eigenvalue weighted by Gasteiger charge is 2.43. The highest BCUT2D eigenvalue weighted by atomic mass is 32.2. The van der Waals surface area contributed by atoms with E-state index < -0.39 is 9.84 Å². The Kier molecular flexibility index (Phi) is 6.09. The third kappa shape index (κ3) is 4.92. The van der Waals surface area contributed by atoms with E-state index in [1.165, 1.54) is 57.4 Å². The lowest BCUT2D eigenvalue weighted by atomic mass is 9.90. The molecule has 0 spiro atoms. The molecular weight excluding hydrogens is 428 g/mol. The highest BCUT2D eigenvalue weighted by molar-refractivity contribution is 7.90. The first-order valence-electron chi connectivity index (χ1n) is 11.8. The summed E-state index contributed by atoms with van der Waals surface area (Å²) in [6, 6.07) is 3.89. The van der Waals surface area contributed by atoms with Crippen LogP contribution in [-0.4, -0.2) is 49.5 Å². The van der Waals surface area contributed by atoms with Crippen molar-refractivity contribution in [2.24, 2.45) is 17.8 Å². The summed E-state index contributed by atoms with van der Waals surface area (Å²) in [6.45, 7) is 2.61. The van der Waals surface area contributed by atoms with E-state index in [0.717, 1.165) is 43.1 Å². The third-order valence-corrected chi connectivity index (χ3v) is 8.52. The van der Waals surface area contributed by atoms with Crippen LogP contribution < -0.4 is 9.64 Å². The molecule has 174 valence electrons. The Labute approximate surface area is 189 Å². The average Bonchev–Trinajstić information content (AvgIpc) is 3.17.